The van der Waals surface area contributed by atoms with Crippen molar-refractivity contribution in [1.29, 1.82) is 0 Å². The number of ether oxygens (including phenoxy) is 4. The summed E-state index contributed by atoms with van der Waals surface area (Å²) in [5.41, 5.74) is 1.77. The van der Waals surface area contributed by atoms with Gasteiger partial charge in [-0.3, -0.25) is 4.90 Å². The molecule has 0 aromatic heterocycles. The predicted molar refractivity (Wildman–Crippen MR) is 158 cm³/mol. The van der Waals surface area contributed by atoms with E-state index in [0.717, 1.165) is 40.7 Å². The SMILES string of the molecule is COc1ccc(OC[C@@H](O)CN(CC(C)C)C[C@H](O)COc2ccc(OC)cc2C(C)(C)C)c(C(C)(C)C)c1. The van der Waals surface area contributed by atoms with Crippen molar-refractivity contribution in [2.45, 2.75) is 78.4 Å². The number of nitrogens with zero attached hydrogens (tertiary/aromatic N) is 1. The van der Waals surface area contributed by atoms with Crippen molar-refractivity contribution in [3.63, 3.8) is 0 Å². The normalized spacial score (nSPS) is 13.9. The van der Waals surface area contributed by atoms with Crippen LogP contribution in [0.15, 0.2) is 36.4 Å². The lowest BCUT2D eigenvalue weighted by Crippen LogP contribution is -2.43. The molecule has 2 atom stereocenters. The topological polar surface area (TPSA) is 80.6 Å². The molecule has 2 aromatic rings. The van der Waals surface area contributed by atoms with Crippen LogP contribution in [-0.4, -0.2) is 74.4 Å². The molecule has 0 radical (unpaired) electrons. The maximum Gasteiger partial charge on any atom is 0.123 e. The molecule has 0 saturated carbocycles. The predicted octanol–water partition coefficient (Wildman–Crippen LogP) is 5.44. The highest BCUT2D eigenvalue weighted by Gasteiger charge is 2.24. The van der Waals surface area contributed by atoms with Crippen molar-refractivity contribution in [3.8, 4) is 23.0 Å². The first-order valence-corrected chi connectivity index (χ1v) is 13.8. The molecule has 0 saturated heterocycles. The van der Waals surface area contributed by atoms with Gasteiger partial charge in [0.1, 0.15) is 48.4 Å². The molecule has 2 rings (SSSR count). The number of hydrogen-bond acceptors (Lipinski definition) is 7. The summed E-state index contributed by atoms with van der Waals surface area (Å²) in [6, 6.07) is 11.5. The molecule has 0 fully saturated rings. The van der Waals surface area contributed by atoms with Crippen molar-refractivity contribution in [2.75, 3.05) is 47.1 Å². The van der Waals surface area contributed by atoms with E-state index in [0.29, 0.717) is 19.0 Å². The molecule has 0 aliphatic heterocycles. The summed E-state index contributed by atoms with van der Waals surface area (Å²) in [6.45, 7) is 18.8. The van der Waals surface area contributed by atoms with Crippen LogP contribution in [-0.2, 0) is 10.8 Å². The minimum Gasteiger partial charge on any atom is -0.497 e. The maximum absolute atomic E-state index is 10.9. The first-order valence-electron chi connectivity index (χ1n) is 13.8. The molecule has 0 aliphatic rings. The van der Waals surface area contributed by atoms with Gasteiger partial charge < -0.3 is 29.2 Å². The number of aliphatic hydroxyl groups is 2. The van der Waals surface area contributed by atoms with Crippen molar-refractivity contribution < 1.29 is 29.2 Å². The van der Waals surface area contributed by atoms with E-state index in [1.807, 2.05) is 36.4 Å². The Kier molecular flexibility index (Phi) is 12.0. The molecule has 0 bridgehead atoms. The maximum atomic E-state index is 10.9. The molecule has 0 unspecified atom stereocenters. The van der Waals surface area contributed by atoms with Crippen LogP contribution in [0.2, 0.25) is 0 Å². The van der Waals surface area contributed by atoms with Crippen molar-refractivity contribution in [2.24, 2.45) is 5.92 Å². The highest BCUT2D eigenvalue weighted by molar-refractivity contribution is 5.45. The van der Waals surface area contributed by atoms with Gasteiger partial charge in [-0.25, -0.2) is 0 Å². The van der Waals surface area contributed by atoms with Gasteiger partial charge in [0.25, 0.3) is 0 Å². The molecule has 220 valence electrons. The summed E-state index contributed by atoms with van der Waals surface area (Å²) in [7, 11) is 3.30. The Labute approximate surface area is 236 Å². The van der Waals surface area contributed by atoms with Crippen LogP contribution < -0.4 is 18.9 Å². The average molecular weight is 546 g/mol. The molecular weight excluding hydrogens is 494 g/mol. The van der Waals surface area contributed by atoms with Gasteiger partial charge in [-0.15, -0.1) is 0 Å². The van der Waals surface area contributed by atoms with Crippen LogP contribution in [0.3, 0.4) is 0 Å². The van der Waals surface area contributed by atoms with E-state index in [1.54, 1.807) is 14.2 Å². The van der Waals surface area contributed by atoms with Gasteiger partial charge in [-0.05, 0) is 53.1 Å². The van der Waals surface area contributed by atoms with E-state index in [9.17, 15) is 10.2 Å². The summed E-state index contributed by atoms with van der Waals surface area (Å²) >= 11 is 0. The van der Waals surface area contributed by atoms with E-state index in [4.69, 9.17) is 18.9 Å². The number of hydrogen-bond donors (Lipinski definition) is 2. The quantitative estimate of drug-likeness (QED) is 0.327. The highest BCUT2D eigenvalue weighted by Crippen LogP contribution is 2.35. The third-order valence-electron chi connectivity index (χ3n) is 6.41. The first kappa shape index (κ1) is 32.7. The molecule has 2 aromatic carbocycles. The third kappa shape index (κ3) is 10.5. The van der Waals surface area contributed by atoms with E-state index in [2.05, 4.69) is 60.3 Å². The molecule has 7 nitrogen and oxygen atoms in total. The van der Waals surface area contributed by atoms with E-state index < -0.39 is 12.2 Å². The minimum absolute atomic E-state index is 0.140. The molecule has 7 heteroatoms. The lowest BCUT2D eigenvalue weighted by molar-refractivity contribution is 0.0268. The van der Waals surface area contributed by atoms with Gasteiger partial charge in [-0.2, -0.15) is 0 Å². The largest absolute Gasteiger partial charge is 0.497 e. The third-order valence-corrected chi connectivity index (χ3v) is 6.41. The first-order chi connectivity index (χ1) is 18.1. The molecular formula is C32H51NO6. The molecule has 0 spiro atoms. The smallest absolute Gasteiger partial charge is 0.123 e. The van der Waals surface area contributed by atoms with Gasteiger partial charge in [0.2, 0.25) is 0 Å². The standard InChI is InChI=1S/C32H51NO6/c1-22(2)17-33(18-23(34)20-38-29-13-11-25(36-9)15-27(29)31(3,4)5)19-24(35)21-39-30-14-12-26(37-10)16-28(30)32(6,7)8/h11-16,22-24,34-35H,17-21H2,1-10H3/t23-,24-/m0/s1. The lowest BCUT2D eigenvalue weighted by atomic mass is 9.86. The van der Waals surface area contributed by atoms with Gasteiger partial charge in [0.05, 0.1) is 14.2 Å². The Hall–Kier alpha value is -2.48. The number of rotatable bonds is 14. The number of methoxy groups -OCH3 is 2. The second-order valence-corrected chi connectivity index (χ2v) is 12.8. The zero-order valence-corrected chi connectivity index (χ0v) is 25.7. The van der Waals surface area contributed by atoms with Crippen LogP contribution in [0.1, 0.15) is 66.5 Å². The second-order valence-electron chi connectivity index (χ2n) is 12.8. The molecule has 0 aliphatic carbocycles. The summed E-state index contributed by atoms with van der Waals surface area (Å²) in [5.74, 6) is 3.39. The molecule has 0 heterocycles. The molecule has 39 heavy (non-hydrogen) atoms. The fourth-order valence-corrected chi connectivity index (χ4v) is 4.51. The Bertz CT molecular complexity index is 947. The van der Waals surface area contributed by atoms with Gasteiger partial charge >= 0.3 is 0 Å². The van der Waals surface area contributed by atoms with Crippen LogP contribution in [0.5, 0.6) is 23.0 Å². The van der Waals surface area contributed by atoms with Crippen molar-refractivity contribution in [1.82, 2.24) is 4.90 Å². The van der Waals surface area contributed by atoms with Crippen LogP contribution in [0, 0.1) is 5.92 Å². The summed E-state index contributed by atoms with van der Waals surface area (Å²) < 4.78 is 22.9. The Morgan fingerprint density at radius 3 is 1.36 bits per heavy atom. The monoisotopic (exact) mass is 545 g/mol. The van der Waals surface area contributed by atoms with Crippen molar-refractivity contribution >= 4 is 0 Å². The number of aliphatic hydroxyl groups excluding tert-OH is 2. The lowest BCUT2D eigenvalue weighted by Gasteiger charge is -2.30. The van der Waals surface area contributed by atoms with E-state index >= 15 is 0 Å². The zero-order chi connectivity index (χ0) is 29.4. The number of benzene rings is 2. The summed E-state index contributed by atoms with van der Waals surface area (Å²) in [6.07, 6.45) is -1.44. The van der Waals surface area contributed by atoms with E-state index in [-0.39, 0.29) is 24.0 Å². The Morgan fingerprint density at radius 2 is 1.05 bits per heavy atom. The van der Waals surface area contributed by atoms with Crippen molar-refractivity contribution in [3.05, 3.63) is 47.5 Å². The van der Waals surface area contributed by atoms with Crippen LogP contribution >= 0.6 is 0 Å². The van der Waals surface area contributed by atoms with Crippen LogP contribution in [0.25, 0.3) is 0 Å². The average Bonchev–Trinajstić information content (AvgIpc) is 2.84. The fourth-order valence-electron chi connectivity index (χ4n) is 4.51. The molecule has 2 N–H and O–H groups in total. The fraction of sp³-hybridized carbons (Fsp3) is 0.625. The zero-order valence-electron chi connectivity index (χ0n) is 25.7. The van der Waals surface area contributed by atoms with Crippen LogP contribution in [0.4, 0.5) is 0 Å². The minimum atomic E-state index is -0.721. The highest BCUT2D eigenvalue weighted by atomic mass is 16.5. The van der Waals surface area contributed by atoms with Gasteiger partial charge in [0.15, 0.2) is 0 Å². The Balaban J connectivity index is 2.02. The summed E-state index contributed by atoms with van der Waals surface area (Å²) in [4.78, 5) is 2.07. The molecule has 0 amide bonds. The van der Waals surface area contributed by atoms with Gasteiger partial charge in [-0.1, -0.05) is 55.4 Å². The van der Waals surface area contributed by atoms with Gasteiger partial charge in [0, 0.05) is 30.8 Å². The van der Waals surface area contributed by atoms with E-state index in [1.165, 1.54) is 0 Å². The Morgan fingerprint density at radius 1 is 0.667 bits per heavy atom. The second kappa shape index (κ2) is 14.2. The summed E-state index contributed by atoms with van der Waals surface area (Å²) in [5, 5.41) is 21.7.